The fourth-order valence-electron chi connectivity index (χ4n) is 4.57. The van der Waals surface area contributed by atoms with Crippen molar-refractivity contribution >= 4 is 11.9 Å². The van der Waals surface area contributed by atoms with Gasteiger partial charge >= 0.3 is 6.09 Å². The summed E-state index contributed by atoms with van der Waals surface area (Å²) in [5, 5.41) is 9.03. The van der Waals surface area contributed by atoms with Gasteiger partial charge in [0.05, 0.1) is 0 Å². The topological polar surface area (TPSA) is 83.3 Å². The number of hydrogen-bond acceptors (Lipinski definition) is 5. The van der Waals surface area contributed by atoms with Gasteiger partial charge < -0.3 is 9.64 Å². The lowest BCUT2D eigenvalue weighted by atomic mass is 9.76. The number of rotatable bonds is 4. The van der Waals surface area contributed by atoms with Crippen LogP contribution in [-0.2, 0) is 11.3 Å². The maximum Gasteiger partial charge on any atom is 0.410 e. The molecule has 2 aliphatic rings. The van der Waals surface area contributed by atoms with Gasteiger partial charge in [0.25, 0.3) is 0 Å². The largest absolute Gasteiger partial charge is 0.445 e. The maximum atomic E-state index is 13.0. The summed E-state index contributed by atoms with van der Waals surface area (Å²) in [6.45, 7) is 0.256. The van der Waals surface area contributed by atoms with Gasteiger partial charge in [-0.15, -0.1) is 0 Å². The van der Waals surface area contributed by atoms with E-state index in [1.807, 2.05) is 41.3 Å². The van der Waals surface area contributed by atoms with Crippen molar-refractivity contribution in [3.63, 3.8) is 0 Å². The molecule has 0 N–H and O–H groups in total. The number of fused-ring (bicyclic) bond motifs is 2. The molecule has 29 heavy (non-hydrogen) atoms. The number of aromatic nitrogens is 1. The van der Waals surface area contributed by atoms with Crippen LogP contribution in [0.3, 0.4) is 0 Å². The fraction of sp³-hybridized carbons (Fsp3) is 0.391. The van der Waals surface area contributed by atoms with Gasteiger partial charge in [-0.05, 0) is 49.8 Å². The number of hydrogen-bond donors (Lipinski definition) is 0. The van der Waals surface area contributed by atoms with E-state index in [1.165, 1.54) is 6.20 Å². The third kappa shape index (κ3) is 4.14. The lowest BCUT2D eigenvalue weighted by Gasteiger charge is -2.47. The minimum absolute atomic E-state index is 0.0250. The van der Waals surface area contributed by atoms with Crippen molar-refractivity contribution in [1.29, 1.82) is 5.26 Å². The van der Waals surface area contributed by atoms with E-state index in [1.54, 1.807) is 12.1 Å². The Morgan fingerprint density at radius 1 is 1.14 bits per heavy atom. The van der Waals surface area contributed by atoms with Crippen LogP contribution >= 0.6 is 0 Å². The molecule has 2 saturated heterocycles. The average Bonchev–Trinajstić information content (AvgIpc) is 2.76. The van der Waals surface area contributed by atoms with Crippen molar-refractivity contribution in [2.24, 2.45) is 5.92 Å². The first-order valence-electron chi connectivity index (χ1n) is 10.0. The number of piperidine rings is 2. The average molecular weight is 389 g/mol. The van der Waals surface area contributed by atoms with Gasteiger partial charge in [-0.3, -0.25) is 4.79 Å². The molecule has 2 aromatic rings. The highest BCUT2D eigenvalue weighted by Crippen LogP contribution is 2.38. The number of nitrogens with zero attached hydrogens (tertiary/aromatic N) is 3. The van der Waals surface area contributed by atoms with Crippen LogP contribution in [0.5, 0.6) is 0 Å². The first kappa shape index (κ1) is 19.1. The van der Waals surface area contributed by atoms with E-state index in [2.05, 4.69) is 4.98 Å². The molecule has 0 radical (unpaired) electrons. The van der Waals surface area contributed by atoms with Crippen LogP contribution in [0.4, 0.5) is 4.79 Å². The van der Waals surface area contributed by atoms with Crippen molar-refractivity contribution in [2.45, 2.75) is 50.8 Å². The highest BCUT2D eigenvalue weighted by Gasteiger charge is 2.43. The summed E-state index contributed by atoms with van der Waals surface area (Å²) in [7, 11) is 0. The molecular weight excluding hydrogens is 366 g/mol. The highest BCUT2D eigenvalue weighted by molar-refractivity contribution is 5.98. The van der Waals surface area contributed by atoms with Crippen LogP contribution in [-0.4, -0.2) is 33.8 Å². The Hall–Kier alpha value is -3.20. The number of carbonyl (C=O) groups excluding carboxylic acids is 2. The van der Waals surface area contributed by atoms with E-state index in [4.69, 9.17) is 10.00 Å². The number of benzene rings is 1. The summed E-state index contributed by atoms with van der Waals surface area (Å²) < 4.78 is 5.57. The number of carbonyl (C=O) groups is 2. The minimum atomic E-state index is -0.287. The first-order chi connectivity index (χ1) is 14.2. The van der Waals surface area contributed by atoms with E-state index in [-0.39, 0.29) is 42.2 Å². The van der Waals surface area contributed by atoms with Crippen LogP contribution in [0, 0.1) is 17.2 Å². The van der Waals surface area contributed by atoms with E-state index in [9.17, 15) is 9.59 Å². The second-order valence-corrected chi connectivity index (χ2v) is 7.76. The summed E-state index contributed by atoms with van der Waals surface area (Å²) in [6.07, 6.45) is 5.33. The normalized spacial score (nSPS) is 23.1. The summed E-state index contributed by atoms with van der Waals surface area (Å²) in [4.78, 5) is 31.6. The Morgan fingerprint density at radius 2 is 1.86 bits per heavy atom. The maximum absolute atomic E-state index is 13.0. The summed E-state index contributed by atoms with van der Waals surface area (Å²) in [5.74, 6) is -0.101. The van der Waals surface area contributed by atoms with Crippen LogP contribution in [0.15, 0.2) is 48.7 Å². The zero-order valence-corrected chi connectivity index (χ0v) is 16.2. The molecule has 0 saturated carbocycles. The molecule has 1 aromatic heterocycles. The zero-order valence-electron chi connectivity index (χ0n) is 16.2. The summed E-state index contributed by atoms with van der Waals surface area (Å²) >= 11 is 0. The van der Waals surface area contributed by atoms with Crippen LogP contribution < -0.4 is 0 Å². The molecule has 2 aliphatic heterocycles. The molecule has 2 fully saturated rings. The molecule has 1 aromatic carbocycles. The number of Topliss-reactive ketones (excluding diaryl/α,β-unsaturated/α-hetero) is 1. The monoisotopic (exact) mass is 389 g/mol. The number of amides is 1. The predicted octanol–water partition coefficient (Wildman–Crippen LogP) is 4.11. The standard InChI is InChI=1S/C23H23N3O3/c24-14-19-11-17(9-10-25-19)22(27)18-12-20-7-4-8-21(13-18)26(20)23(28)29-15-16-5-2-1-3-6-16/h1-3,5-6,9-11,18,20-21H,4,7-8,12-13,15H2. The smallest absolute Gasteiger partial charge is 0.410 e. The molecule has 6 heteroatoms. The van der Waals surface area contributed by atoms with Crippen LogP contribution in [0.2, 0.25) is 0 Å². The molecule has 3 heterocycles. The first-order valence-corrected chi connectivity index (χ1v) is 10.0. The molecule has 2 bridgehead atoms. The molecular formula is C23H23N3O3. The second kappa shape index (κ2) is 8.44. The van der Waals surface area contributed by atoms with Gasteiger partial charge in [0.1, 0.15) is 18.4 Å². The van der Waals surface area contributed by atoms with Crippen LogP contribution in [0.1, 0.15) is 53.7 Å². The van der Waals surface area contributed by atoms with Crippen molar-refractivity contribution in [2.75, 3.05) is 0 Å². The predicted molar refractivity (Wildman–Crippen MR) is 106 cm³/mol. The number of nitriles is 1. The number of pyridine rings is 1. The molecule has 2 atom stereocenters. The van der Waals surface area contributed by atoms with Crippen molar-refractivity contribution in [1.82, 2.24) is 9.88 Å². The third-order valence-corrected chi connectivity index (χ3v) is 5.92. The van der Waals surface area contributed by atoms with Crippen LogP contribution in [0.25, 0.3) is 0 Å². The van der Waals surface area contributed by atoms with Crippen molar-refractivity contribution < 1.29 is 14.3 Å². The Kier molecular flexibility index (Phi) is 5.57. The third-order valence-electron chi connectivity index (χ3n) is 5.92. The quantitative estimate of drug-likeness (QED) is 0.735. The SMILES string of the molecule is N#Cc1cc(C(=O)C2CC3CCCC(C2)N3C(=O)OCc2ccccc2)ccn1. The molecule has 0 spiro atoms. The van der Waals surface area contributed by atoms with E-state index < -0.39 is 0 Å². The van der Waals surface area contributed by atoms with E-state index in [0.717, 1.165) is 24.8 Å². The zero-order chi connectivity index (χ0) is 20.2. The Labute approximate surface area is 170 Å². The molecule has 6 nitrogen and oxygen atoms in total. The Morgan fingerprint density at radius 3 is 2.55 bits per heavy atom. The number of ketones is 1. The fourth-order valence-corrected chi connectivity index (χ4v) is 4.57. The molecule has 148 valence electrons. The van der Waals surface area contributed by atoms with Gasteiger partial charge in [-0.2, -0.15) is 5.26 Å². The van der Waals surface area contributed by atoms with Crippen molar-refractivity contribution in [3.05, 3.63) is 65.5 Å². The molecule has 1 amide bonds. The van der Waals surface area contributed by atoms with Crippen molar-refractivity contribution in [3.8, 4) is 6.07 Å². The summed E-state index contributed by atoms with van der Waals surface area (Å²) in [5.41, 5.74) is 1.74. The highest BCUT2D eigenvalue weighted by atomic mass is 16.6. The van der Waals surface area contributed by atoms with Gasteiger partial charge in [-0.1, -0.05) is 30.3 Å². The van der Waals surface area contributed by atoms with E-state index >= 15 is 0 Å². The molecule has 4 rings (SSSR count). The Balaban J connectivity index is 1.44. The van der Waals surface area contributed by atoms with Gasteiger partial charge in [0, 0.05) is 29.8 Å². The van der Waals surface area contributed by atoms with Gasteiger partial charge in [0.2, 0.25) is 0 Å². The Bertz CT molecular complexity index is 924. The lowest BCUT2D eigenvalue weighted by Crippen LogP contribution is -2.55. The molecule has 2 unspecified atom stereocenters. The van der Waals surface area contributed by atoms with E-state index in [0.29, 0.717) is 18.4 Å². The lowest BCUT2D eigenvalue weighted by molar-refractivity contribution is 0.00472. The van der Waals surface area contributed by atoms with Gasteiger partial charge in [-0.25, -0.2) is 9.78 Å². The second-order valence-electron chi connectivity index (χ2n) is 7.76. The molecule has 0 aliphatic carbocycles. The summed E-state index contributed by atoms with van der Waals surface area (Å²) in [6, 6.07) is 14.9. The number of ether oxygens (including phenoxy) is 1. The minimum Gasteiger partial charge on any atom is -0.445 e. The van der Waals surface area contributed by atoms with Gasteiger partial charge in [0.15, 0.2) is 5.78 Å².